The number of hydrazine groups is 1. The summed E-state index contributed by atoms with van der Waals surface area (Å²) in [7, 11) is -3.02. The molecule has 0 unspecified atom stereocenters. The van der Waals surface area contributed by atoms with Gasteiger partial charge in [0.25, 0.3) is 5.17 Å². The molecule has 12 nitrogen and oxygen atoms in total. The van der Waals surface area contributed by atoms with Gasteiger partial charge in [-0.1, -0.05) is 18.2 Å². The van der Waals surface area contributed by atoms with Crippen molar-refractivity contribution in [3.05, 3.63) is 58.9 Å². The Morgan fingerprint density at radius 2 is 1.94 bits per heavy atom. The summed E-state index contributed by atoms with van der Waals surface area (Å²) in [6.45, 7) is 5.69. The number of carbonyl (C=O) groups excluding carboxylic acids is 3. The smallest absolute Gasteiger partial charge is 0.442 e. The van der Waals surface area contributed by atoms with Crippen LogP contribution in [0.1, 0.15) is 37.9 Å². The Balaban J connectivity index is 1.55. The highest BCUT2D eigenvalue weighted by molar-refractivity contribution is 8.41. The maximum Gasteiger partial charge on any atom is 0.442 e. The molecule has 2 aliphatic heterocycles. The molecule has 2 aromatic rings. The first-order valence-electron chi connectivity index (χ1n) is 10.9. The van der Waals surface area contributed by atoms with Crippen LogP contribution in [0.3, 0.4) is 0 Å². The average molecular weight is 516 g/mol. The lowest BCUT2D eigenvalue weighted by molar-refractivity contribution is -0.150. The SMILES string of the molecule is CC(=O)NCc1ccc(C2=CS3(OC(=O)C(=O)O3)C(/N=C/N(N)Cc3ccccc3OC(C)C)=N2)o1. The summed E-state index contributed by atoms with van der Waals surface area (Å²) in [6, 6.07) is 10.7. The van der Waals surface area contributed by atoms with Crippen LogP contribution in [-0.4, -0.2) is 40.5 Å². The molecule has 1 amide bonds. The molecule has 1 aromatic carbocycles. The molecule has 1 fully saturated rings. The van der Waals surface area contributed by atoms with Crippen molar-refractivity contribution in [1.29, 1.82) is 0 Å². The maximum absolute atomic E-state index is 11.9. The van der Waals surface area contributed by atoms with Crippen molar-refractivity contribution in [2.24, 2.45) is 15.8 Å². The summed E-state index contributed by atoms with van der Waals surface area (Å²) in [5, 5.41) is 5.28. The number of rotatable bonds is 8. The van der Waals surface area contributed by atoms with Gasteiger partial charge in [0, 0.05) is 12.5 Å². The molecule has 1 spiro atoms. The largest absolute Gasteiger partial charge is 0.491 e. The van der Waals surface area contributed by atoms with Crippen molar-refractivity contribution >= 4 is 45.6 Å². The zero-order chi connectivity index (χ0) is 25.9. The van der Waals surface area contributed by atoms with Crippen LogP contribution in [0.2, 0.25) is 0 Å². The van der Waals surface area contributed by atoms with E-state index in [1.807, 2.05) is 38.1 Å². The second kappa shape index (κ2) is 10.3. The van der Waals surface area contributed by atoms with E-state index in [1.165, 1.54) is 23.7 Å². The van der Waals surface area contributed by atoms with Crippen molar-refractivity contribution in [2.75, 3.05) is 0 Å². The Kier molecular flexibility index (Phi) is 7.12. The fourth-order valence-corrected chi connectivity index (χ4v) is 5.08. The Labute approximate surface area is 208 Å². The first kappa shape index (κ1) is 25.0. The van der Waals surface area contributed by atoms with Gasteiger partial charge in [-0.25, -0.2) is 25.4 Å². The van der Waals surface area contributed by atoms with Crippen LogP contribution in [-0.2, 0) is 35.8 Å². The van der Waals surface area contributed by atoms with Crippen LogP contribution in [0.5, 0.6) is 5.75 Å². The van der Waals surface area contributed by atoms with Gasteiger partial charge < -0.3 is 22.8 Å². The highest BCUT2D eigenvalue weighted by Crippen LogP contribution is 2.62. The number of hydrogen-bond donors (Lipinski definition) is 2. The predicted octanol–water partition coefficient (Wildman–Crippen LogP) is 2.51. The topological polar surface area (TPSA) is 158 Å². The molecule has 190 valence electrons. The molecule has 0 radical (unpaired) electrons. The maximum atomic E-state index is 11.9. The third kappa shape index (κ3) is 5.58. The summed E-state index contributed by atoms with van der Waals surface area (Å²) >= 11 is 0. The van der Waals surface area contributed by atoms with Crippen LogP contribution >= 0.6 is 10.6 Å². The van der Waals surface area contributed by atoms with Gasteiger partial charge in [0.2, 0.25) is 5.91 Å². The van der Waals surface area contributed by atoms with Crippen LogP contribution in [0, 0.1) is 0 Å². The van der Waals surface area contributed by atoms with Crippen LogP contribution in [0.15, 0.2) is 56.2 Å². The van der Waals surface area contributed by atoms with Crippen LogP contribution in [0.25, 0.3) is 5.70 Å². The van der Waals surface area contributed by atoms with Gasteiger partial charge in [-0.2, -0.15) is 0 Å². The third-order valence-electron chi connectivity index (χ3n) is 4.73. The van der Waals surface area contributed by atoms with E-state index in [0.29, 0.717) is 17.3 Å². The number of nitrogens with two attached hydrogens (primary N) is 1. The van der Waals surface area contributed by atoms with E-state index in [1.54, 1.807) is 12.1 Å². The standard InChI is InChI=1S/C23H25N5O7S/c1-14(2)32-19-7-5-4-6-16(19)11-28(24)13-26-23-27-18(12-36(23)34-21(30)22(31)35-36)20-9-8-17(33-20)10-25-15(3)29/h4-9,12-14H,10-11,24H2,1-3H3,(H,25,29)/b26-13+. The number of aliphatic imine (C=N–C) groups is 2. The molecular formula is C23H25N5O7S. The molecule has 4 rings (SSSR count). The Morgan fingerprint density at radius 3 is 2.64 bits per heavy atom. The van der Waals surface area contributed by atoms with E-state index in [4.69, 9.17) is 23.4 Å². The molecule has 0 saturated carbocycles. The van der Waals surface area contributed by atoms with E-state index in [0.717, 1.165) is 5.56 Å². The van der Waals surface area contributed by atoms with Gasteiger partial charge in [-0.3, -0.25) is 9.80 Å². The summed E-state index contributed by atoms with van der Waals surface area (Å²) in [5.74, 6) is 5.13. The van der Waals surface area contributed by atoms with Crippen molar-refractivity contribution in [1.82, 2.24) is 10.3 Å². The van der Waals surface area contributed by atoms with E-state index in [2.05, 4.69) is 15.3 Å². The lowest BCUT2D eigenvalue weighted by Gasteiger charge is -2.26. The minimum atomic E-state index is -3.02. The van der Waals surface area contributed by atoms with Gasteiger partial charge >= 0.3 is 11.9 Å². The number of nitrogens with zero attached hydrogens (tertiary/aromatic N) is 3. The number of amidine groups is 1. The Bertz CT molecular complexity index is 1270. The van der Waals surface area contributed by atoms with Gasteiger partial charge in [-0.05, 0) is 42.6 Å². The zero-order valence-corrected chi connectivity index (χ0v) is 20.6. The summed E-state index contributed by atoms with van der Waals surface area (Å²) in [4.78, 5) is 43.5. The first-order valence-corrected chi connectivity index (χ1v) is 12.4. The Morgan fingerprint density at radius 1 is 1.22 bits per heavy atom. The average Bonchev–Trinajstić information content (AvgIpc) is 3.49. The second-order valence-corrected chi connectivity index (χ2v) is 10.1. The fraction of sp³-hybridized carbons (Fsp3) is 0.261. The van der Waals surface area contributed by atoms with Crippen LogP contribution in [0.4, 0.5) is 0 Å². The molecule has 0 bridgehead atoms. The summed E-state index contributed by atoms with van der Waals surface area (Å²) < 4.78 is 22.0. The summed E-state index contributed by atoms with van der Waals surface area (Å²) in [6.07, 6.45) is 1.28. The monoisotopic (exact) mass is 515 g/mol. The minimum absolute atomic E-state index is 0.0149. The lowest BCUT2D eigenvalue weighted by Crippen LogP contribution is -2.29. The first-order chi connectivity index (χ1) is 17.1. The molecule has 1 saturated heterocycles. The van der Waals surface area contributed by atoms with Crippen molar-refractivity contribution < 1.29 is 31.9 Å². The van der Waals surface area contributed by atoms with E-state index in [9.17, 15) is 14.4 Å². The van der Waals surface area contributed by atoms with E-state index in [-0.39, 0.29) is 36.0 Å². The molecule has 3 N–H and O–H groups in total. The highest BCUT2D eigenvalue weighted by atomic mass is 32.3. The van der Waals surface area contributed by atoms with Gasteiger partial charge in [0.15, 0.2) is 5.76 Å². The van der Waals surface area contributed by atoms with Crippen molar-refractivity contribution in [3.63, 3.8) is 0 Å². The highest BCUT2D eigenvalue weighted by Gasteiger charge is 2.48. The fourth-order valence-electron chi connectivity index (χ4n) is 3.23. The quantitative estimate of drug-likeness (QED) is 0.177. The van der Waals surface area contributed by atoms with Gasteiger partial charge in [0.05, 0.1) is 24.6 Å². The number of hydrogen-bond acceptors (Lipinski definition) is 10. The third-order valence-corrected chi connectivity index (χ3v) is 6.77. The number of furan rings is 1. The number of carbonyl (C=O) groups is 3. The number of benzene rings is 1. The number of nitrogens with one attached hydrogen (secondary N) is 1. The normalized spacial score (nSPS) is 17.1. The Hall–Kier alpha value is -4.10. The summed E-state index contributed by atoms with van der Waals surface area (Å²) in [5.41, 5.74) is 1.09. The molecule has 3 heterocycles. The molecule has 1 aromatic heterocycles. The number of amides is 1. The predicted molar refractivity (Wildman–Crippen MR) is 132 cm³/mol. The molecule has 36 heavy (non-hydrogen) atoms. The lowest BCUT2D eigenvalue weighted by atomic mass is 10.2. The molecule has 2 aliphatic rings. The number of para-hydroxylation sites is 1. The molecule has 0 atom stereocenters. The molecular weight excluding hydrogens is 490 g/mol. The van der Waals surface area contributed by atoms with Gasteiger partial charge in [0.1, 0.15) is 23.5 Å². The minimum Gasteiger partial charge on any atom is -0.491 e. The number of ether oxygens (including phenoxy) is 1. The zero-order valence-electron chi connectivity index (χ0n) is 19.8. The molecule has 0 aliphatic carbocycles. The molecule has 13 heteroatoms. The van der Waals surface area contributed by atoms with E-state index >= 15 is 0 Å². The van der Waals surface area contributed by atoms with Crippen molar-refractivity contribution in [2.45, 2.75) is 40.0 Å². The second-order valence-electron chi connectivity index (χ2n) is 8.05. The van der Waals surface area contributed by atoms with E-state index < -0.39 is 22.5 Å². The van der Waals surface area contributed by atoms with Crippen LogP contribution < -0.4 is 15.9 Å². The van der Waals surface area contributed by atoms with Crippen molar-refractivity contribution in [3.8, 4) is 5.75 Å². The van der Waals surface area contributed by atoms with Gasteiger partial charge in [-0.15, -0.1) is 0 Å².